The van der Waals surface area contributed by atoms with Crippen molar-refractivity contribution in [1.82, 2.24) is 10.2 Å². The molecule has 0 radical (unpaired) electrons. The Morgan fingerprint density at radius 3 is 2.32 bits per heavy atom. The predicted octanol–water partition coefficient (Wildman–Crippen LogP) is 2.33. The molecule has 3 N–H and O–H groups in total. The zero-order valence-corrected chi connectivity index (χ0v) is 15.8. The van der Waals surface area contributed by atoms with E-state index in [9.17, 15) is 14.4 Å². The summed E-state index contributed by atoms with van der Waals surface area (Å²) in [6.45, 7) is 1.65. The molecule has 0 unspecified atom stereocenters. The zero-order valence-electron chi connectivity index (χ0n) is 15.8. The fraction of sp³-hybridized carbons (Fsp3) is 0.286. The van der Waals surface area contributed by atoms with Crippen molar-refractivity contribution in [2.45, 2.75) is 12.8 Å². The first kappa shape index (κ1) is 19.4. The van der Waals surface area contributed by atoms with Gasteiger partial charge < -0.3 is 20.9 Å². The Morgan fingerprint density at radius 1 is 0.929 bits per heavy atom. The van der Waals surface area contributed by atoms with Crippen LogP contribution in [0.15, 0.2) is 48.5 Å². The zero-order chi connectivity index (χ0) is 19.9. The van der Waals surface area contributed by atoms with Gasteiger partial charge in [0.2, 0.25) is 5.91 Å². The lowest BCUT2D eigenvalue weighted by Crippen LogP contribution is -2.27. The van der Waals surface area contributed by atoms with E-state index in [0.29, 0.717) is 16.8 Å². The van der Waals surface area contributed by atoms with Crippen LogP contribution in [0.3, 0.4) is 0 Å². The van der Waals surface area contributed by atoms with E-state index in [2.05, 4.69) is 16.0 Å². The van der Waals surface area contributed by atoms with E-state index in [4.69, 9.17) is 0 Å². The maximum absolute atomic E-state index is 12.5. The molecule has 0 atom stereocenters. The molecule has 3 amide bonds. The molecule has 1 fully saturated rings. The summed E-state index contributed by atoms with van der Waals surface area (Å²) in [6, 6.07) is 13.9. The van der Waals surface area contributed by atoms with Crippen LogP contribution >= 0.6 is 0 Å². The monoisotopic (exact) mass is 380 g/mol. The topological polar surface area (TPSA) is 90.5 Å². The highest BCUT2D eigenvalue weighted by molar-refractivity contribution is 5.98. The van der Waals surface area contributed by atoms with Gasteiger partial charge in [-0.2, -0.15) is 0 Å². The molecule has 2 aromatic carbocycles. The van der Waals surface area contributed by atoms with Crippen LogP contribution in [-0.2, 0) is 4.79 Å². The minimum atomic E-state index is -0.221. The summed E-state index contributed by atoms with van der Waals surface area (Å²) in [4.78, 5) is 38.0. The van der Waals surface area contributed by atoms with Gasteiger partial charge in [-0.1, -0.05) is 6.07 Å². The van der Waals surface area contributed by atoms with Gasteiger partial charge in [0.05, 0.1) is 6.54 Å². The van der Waals surface area contributed by atoms with Crippen molar-refractivity contribution in [2.24, 2.45) is 0 Å². The normalized spacial score (nSPS) is 13.1. The number of carbonyl (C=O) groups is 3. The van der Waals surface area contributed by atoms with Gasteiger partial charge in [-0.25, -0.2) is 0 Å². The van der Waals surface area contributed by atoms with Gasteiger partial charge in [-0.05, 0) is 55.3 Å². The molecule has 0 bridgehead atoms. The maximum Gasteiger partial charge on any atom is 0.253 e. The Balaban J connectivity index is 1.54. The summed E-state index contributed by atoms with van der Waals surface area (Å²) in [5.74, 6) is -0.378. The molecule has 1 saturated heterocycles. The van der Waals surface area contributed by atoms with Gasteiger partial charge >= 0.3 is 0 Å². The number of rotatable bonds is 6. The lowest BCUT2D eigenvalue weighted by molar-refractivity contribution is -0.114. The second kappa shape index (κ2) is 9.03. The Morgan fingerprint density at radius 2 is 1.64 bits per heavy atom. The third kappa shape index (κ3) is 4.88. The Bertz CT molecular complexity index is 858. The highest BCUT2D eigenvalue weighted by atomic mass is 16.2. The smallest absolute Gasteiger partial charge is 0.253 e. The Kier molecular flexibility index (Phi) is 6.26. The van der Waals surface area contributed by atoms with Crippen LogP contribution in [0.5, 0.6) is 0 Å². The molecule has 0 saturated carbocycles. The molecule has 7 nitrogen and oxygen atoms in total. The van der Waals surface area contributed by atoms with Crippen molar-refractivity contribution in [3.63, 3.8) is 0 Å². The van der Waals surface area contributed by atoms with E-state index >= 15 is 0 Å². The van der Waals surface area contributed by atoms with Crippen molar-refractivity contribution in [2.75, 3.05) is 37.3 Å². The van der Waals surface area contributed by atoms with Crippen LogP contribution < -0.4 is 16.0 Å². The Hall–Kier alpha value is -3.35. The van der Waals surface area contributed by atoms with Crippen LogP contribution in [0.25, 0.3) is 0 Å². The molecule has 1 aliphatic heterocycles. The Labute approximate surface area is 164 Å². The number of nitrogens with one attached hydrogen (secondary N) is 3. The van der Waals surface area contributed by atoms with Gasteiger partial charge in [0, 0.05) is 42.6 Å². The molecule has 0 spiro atoms. The standard InChI is InChI=1S/C21H24N4O3/c1-22-20(27)15-7-9-17(10-8-15)23-14-19(26)24-18-6-4-5-16(13-18)21(28)25-11-2-3-12-25/h4-10,13,23H,2-3,11-12,14H2,1H3,(H,22,27)(H,24,26). The number of hydrogen-bond acceptors (Lipinski definition) is 4. The number of benzene rings is 2. The van der Waals surface area contributed by atoms with Crippen LogP contribution in [0.1, 0.15) is 33.6 Å². The lowest BCUT2D eigenvalue weighted by atomic mass is 10.1. The molecule has 2 aromatic rings. The second-order valence-corrected chi connectivity index (χ2v) is 6.64. The average Bonchev–Trinajstić information content (AvgIpc) is 3.26. The molecule has 0 aromatic heterocycles. The molecule has 1 aliphatic rings. The van der Waals surface area contributed by atoms with Crippen LogP contribution in [0.4, 0.5) is 11.4 Å². The van der Waals surface area contributed by atoms with E-state index in [-0.39, 0.29) is 24.3 Å². The first-order valence-corrected chi connectivity index (χ1v) is 9.32. The highest BCUT2D eigenvalue weighted by Crippen LogP contribution is 2.16. The van der Waals surface area contributed by atoms with Gasteiger partial charge in [0.15, 0.2) is 0 Å². The molecular weight excluding hydrogens is 356 g/mol. The van der Waals surface area contributed by atoms with Crippen LogP contribution in [0.2, 0.25) is 0 Å². The summed E-state index contributed by atoms with van der Waals surface area (Å²) in [5.41, 5.74) is 2.46. The largest absolute Gasteiger partial charge is 0.376 e. The molecule has 28 heavy (non-hydrogen) atoms. The number of carbonyl (C=O) groups excluding carboxylic acids is 3. The number of amides is 3. The quantitative estimate of drug-likeness (QED) is 0.717. The van der Waals surface area contributed by atoms with Gasteiger partial charge in [-0.15, -0.1) is 0 Å². The third-order valence-electron chi connectivity index (χ3n) is 4.61. The van der Waals surface area contributed by atoms with Crippen molar-refractivity contribution < 1.29 is 14.4 Å². The summed E-state index contributed by atoms with van der Waals surface area (Å²) < 4.78 is 0. The number of anilines is 2. The fourth-order valence-corrected chi connectivity index (χ4v) is 3.10. The lowest BCUT2D eigenvalue weighted by Gasteiger charge is -2.16. The average molecular weight is 380 g/mol. The summed E-state index contributed by atoms with van der Waals surface area (Å²) in [7, 11) is 1.58. The molecular formula is C21H24N4O3. The summed E-state index contributed by atoms with van der Waals surface area (Å²) in [5, 5.41) is 8.37. The van der Waals surface area contributed by atoms with Crippen molar-refractivity contribution in [3.8, 4) is 0 Å². The van der Waals surface area contributed by atoms with Gasteiger partial charge in [-0.3, -0.25) is 14.4 Å². The maximum atomic E-state index is 12.5. The predicted molar refractivity (Wildman–Crippen MR) is 109 cm³/mol. The fourth-order valence-electron chi connectivity index (χ4n) is 3.10. The van der Waals surface area contributed by atoms with Crippen molar-refractivity contribution in [1.29, 1.82) is 0 Å². The van der Waals surface area contributed by atoms with E-state index in [1.807, 2.05) is 4.90 Å². The van der Waals surface area contributed by atoms with Crippen molar-refractivity contribution >= 4 is 29.1 Å². The van der Waals surface area contributed by atoms with E-state index in [1.165, 1.54) is 0 Å². The van der Waals surface area contributed by atoms with E-state index < -0.39 is 0 Å². The molecule has 1 heterocycles. The first-order chi connectivity index (χ1) is 13.6. The minimum Gasteiger partial charge on any atom is -0.376 e. The molecule has 3 rings (SSSR count). The number of likely N-dealkylation sites (tertiary alicyclic amines) is 1. The van der Waals surface area contributed by atoms with Crippen LogP contribution in [-0.4, -0.2) is 49.3 Å². The summed E-state index contributed by atoms with van der Waals surface area (Å²) >= 11 is 0. The van der Waals surface area contributed by atoms with E-state index in [1.54, 1.807) is 55.6 Å². The number of hydrogen-bond donors (Lipinski definition) is 3. The number of nitrogens with zero attached hydrogens (tertiary/aromatic N) is 1. The molecule has 7 heteroatoms. The highest BCUT2D eigenvalue weighted by Gasteiger charge is 2.19. The second-order valence-electron chi connectivity index (χ2n) is 6.64. The van der Waals surface area contributed by atoms with Gasteiger partial charge in [0.1, 0.15) is 0 Å². The van der Waals surface area contributed by atoms with E-state index in [0.717, 1.165) is 31.6 Å². The summed E-state index contributed by atoms with van der Waals surface area (Å²) in [6.07, 6.45) is 2.08. The third-order valence-corrected chi connectivity index (χ3v) is 4.61. The molecule has 146 valence electrons. The first-order valence-electron chi connectivity index (χ1n) is 9.32. The van der Waals surface area contributed by atoms with Gasteiger partial charge in [0.25, 0.3) is 11.8 Å². The van der Waals surface area contributed by atoms with Crippen molar-refractivity contribution in [3.05, 3.63) is 59.7 Å². The SMILES string of the molecule is CNC(=O)c1ccc(NCC(=O)Nc2cccc(C(=O)N3CCCC3)c2)cc1. The van der Waals surface area contributed by atoms with Crippen LogP contribution in [0, 0.1) is 0 Å². The molecule has 0 aliphatic carbocycles. The minimum absolute atomic E-state index is 0.00271.